The van der Waals surface area contributed by atoms with E-state index in [0.717, 1.165) is 30.2 Å². The van der Waals surface area contributed by atoms with Crippen molar-refractivity contribution < 1.29 is 9.47 Å². The standard InChI is InChI=1S/C31H31NO2/c1-31(2)21-29(26-14-13-24-11-7-8-12-25(24)19-26)28-16-15-27(20-30(28)34-31)33-18-17-32(3)22-23-9-5-4-6-10-23/h4-16,19-21H,17-18,22H2,1-3H3. The van der Waals surface area contributed by atoms with E-state index in [2.05, 4.69) is 105 Å². The van der Waals surface area contributed by atoms with Crippen LogP contribution in [0.5, 0.6) is 11.5 Å². The van der Waals surface area contributed by atoms with Gasteiger partial charge in [0, 0.05) is 24.7 Å². The average molecular weight is 450 g/mol. The van der Waals surface area contributed by atoms with Gasteiger partial charge in [-0.3, -0.25) is 4.90 Å². The molecule has 5 rings (SSSR count). The molecule has 1 aliphatic heterocycles. The minimum atomic E-state index is -0.400. The molecular weight excluding hydrogens is 418 g/mol. The molecule has 1 aliphatic rings. The van der Waals surface area contributed by atoms with Gasteiger partial charge in [0.05, 0.1) is 0 Å². The highest BCUT2D eigenvalue weighted by Crippen LogP contribution is 2.41. The van der Waals surface area contributed by atoms with E-state index < -0.39 is 5.60 Å². The first-order chi connectivity index (χ1) is 16.5. The van der Waals surface area contributed by atoms with Gasteiger partial charge in [-0.25, -0.2) is 0 Å². The van der Waals surface area contributed by atoms with Crippen molar-refractivity contribution in [2.75, 3.05) is 20.2 Å². The van der Waals surface area contributed by atoms with Gasteiger partial charge in [0.15, 0.2) is 0 Å². The van der Waals surface area contributed by atoms with E-state index in [0.29, 0.717) is 6.61 Å². The number of rotatable bonds is 7. The summed E-state index contributed by atoms with van der Waals surface area (Å²) in [5.74, 6) is 1.70. The Bertz CT molecular complexity index is 1320. The van der Waals surface area contributed by atoms with Crippen LogP contribution in [0.3, 0.4) is 0 Å². The van der Waals surface area contributed by atoms with Crippen molar-refractivity contribution in [2.24, 2.45) is 0 Å². The quantitative estimate of drug-likeness (QED) is 0.305. The van der Waals surface area contributed by atoms with Crippen molar-refractivity contribution in [3.63, 3.8) is 0 Å². The SMILES string of the molecule is CN(CCOc1ccc2c(c1)OC(C)(C)C=C2c1ccc2ccccc2c1)Cc1ccccc1. The van der Waals surface area contributed by atoms with Crippen LogP contribution in [0.15, 0.2) is 97.1 Å². The zero-order valence-electron chi connectivity index (χ0n) is 20.1. The number of ether oxygens (including phenoxy) is 2. The molecule has 0 spiro atoms. The molecule has 4 aromatic rings. The normalized spacial score (nSPS) is 14.4. The number of benzene rings is 4. The second kappa shape index (κ2) is 9.36. The smallest absolute Gasteiger partial charge is 0.132 e. The van der Waals surface area contributed by atoms with E-state index in [1.807, 2.05) is 18.2 Å². The third-order valence-corrected chi connectivity index (χ3v) is 6.21. The van der Waals surface area contributed by atoms with E-state index >= 15 is 0 Å². The topological polar surface area (TPSA) is 21.7 Å². The van der Waals surface area contributed by atoms with E-state index in [1.54, 1.807) is 0 Å². The fourth-order valence-corrected chi connectivity index (χ4v) is 4.53. The molecule has 0 radical (unpaired) electrons. The van der Waals surface area contributed by atoms with Crippen LogP contribution in [0.2, 0.25) is 0 Å². The Hall–Kier alpha value is -3.56. The van der Waals surface area contributed by atoms with Crippen molar-refractivity contribution in [2.45, 2.75) is 26.0 Å². The highest BCUT2D eigenvalue weighted by Gasteiger charge is 2.27. The molecule has 0 aliphatic carbocycles. The Balaban J connectivity index is 1.32. The van der Waals surface area contributed by atoms with Gasteiger partial charge >= 0.3 is 0 Å². The van der Waals surface area contributed by atoms with Crippen LogP contribution < -0.4 is 9.47 Å². The highest BCUT2D eigenvalue weighted by atomic mass is 16.5. The van der Waals surface area contributed by atoms with Gasteiger partial charge < -0.3 is 9.47 Å². The molecule has 4 aromatic carbocycles. The summed E-state index contributed by atoms with van der Waals surface area (Å²) in [5.41, 5.74) is 4.41. The Morgan fingerprint density at radius 2 is 1.59 bits per heavy atom. The lowest BCUT2D eigenvalue weighted by Gasteiger charge is -2.31. The van der Waals surface area contributed by atoms with Crippen LogP contribution in [0, 0.1) is 0 Å². The van der Waals surface area contributed by atoms with Crippen molar-refractivity contribution in [3.8, 4) is 11.5 Å². The molecule has 3 nitrogen and oxygen atoms in total. The molecule has 34 heavy (non-hydrogen) atoms. The summed E-state index contributed by atoms with van der Waals surface area (Å²) in [6.45, 7) is 6.58. The van der Waals surface area contributed by atoms with Crippen LogP contribution in [0.1, 0.15) is 30.5 Å². The van der Waals surface area contributed by atoms with E-state index in [4.69, 9.17) is 9.47 Å². The lowest BCUT2D eigenvalue weighted by Crippen LogP contribution is -2.29. The Morgan fingerprint density at radius 1 is 0.824 bits per heavy atom. The lowest BCUT2D eigenvalue weighted by molar-refractivity contribution is 0.157. The Kier molecular flexibility index (Phi) is 6.12. The van der Waals surface area contributed by atoms with Gasteiger partial charge in [0.25, 0.3) is 0 Å². The highest BCUT2D eigenvalue weighted by molar-refractivity contribution is 5.91. The van der Waals surface area contributed by atoms with Gasteiger partial charge in [-0.15, -0.1) is 0 Å². The van der Waals surface area contributed by atoms with E-state index in [9.17, 15) is 0 Å². The molecule has 0 saturated heterocycles. The van der Waals surface area contributed by atoms with Gasteiger partial charge in [0.1, 0.15) is 23.7 Å². The number of hydrogen-bond donors (Lipinski definition) is 0. The molecule has 3 heteroatoms. The van der Waals surface area contributed by atoms with Crippen molar-refractivity contribution >= 4 is 16.3 Å². The molecule has 1 heterocycles. The fourth-order valence-electron chi connectivity index (χ4n) is 4.53. The van der Waals surface area contributed by atoms with Gasteiger partial charge in [-0.05, 0) is 72.6 Å². The zero-order valence-corrected chi connectivity index (χ0v) is 20.1. The van der Waals surface area contributed by atoms with Gasteiger partial charge in [-0.2, -0.15) is 0 Å². The molecular formula is C31H31NO2. The summed E-state index contributed by atoms with van der Waals surface area (Å²) < 4.78 is 12.4. The summed E-state index contributed by atoms with van der Waals surface area (Å²) in [4.78, 5) is 2.27. The first kappa shape index (κ1) is 22.2. The molecule has 0 saturated carbocycles. The predicted molar refractivity (Wildman–Crippen MR) is 140 cm³/mol. The molecule has 0 aromatic heterocycles. The largest absolute Gasteiger partial charge is 0.492 e. The average Bonchev–Trinajstić information content (AvgIpc) is 2.83. The van der Waals surface area contributed by atoms with Crippen LogP contribution in [-0.2, 0) is 6.54 Å². The maximum absolute atomic E-state index is 6.34. The summed E-state index contributed by atoms with van der Waals surface area (Å²) in [5, 5.41) is 2.49. The zero-order chi connectivity index (χ0) is 23.5. The third-order valence-electron chi connectivity index (χ3n) is 6.21. The Labute approximate surface area is 202 Å². The second-order valence-electron chi connectivity index (χ2n) is 9.56. The minimum absolute atomic E-state index is 0.400. The molecule has 0 N–H and O–H groups in total. The third kappa shape index (κ3) is 5.00. The number of nitrogens with zero attached hydrogens (tertiary/aromatic N) is 1. The van der Waals surface area contributed by atoms with Crippen LogP contribution in [-0.4, -0.2) is 30.7 Å². The van der Waals surface area contributed by atoms with E-state index in [-0.39, 0.29) is 0 Å². The predicted octanol–water partition coefficient (Wildman–Crippen LogP) is 6.95. The Morgan fingerprint density at radius 3 is 2.41 bits per heavy atom. The van der Waals surface area contributed by atoms with Crippen LogP contribution >= 0.6 is 0 Å². The molecule has 0 bridgehead atoms. The van der Waals surface area contributed by atoms with Crippen LogP contribution in [0.25, 0.3) is 16.3 Å². The summed E-state index contributed by atoms with van der Waals surface area (Å²) in [6.07, 6.45) is 2.22. The number of hydrogen-bond acceptors (Lipinski definition) is 3. The fraction of sp³-hybridized carbons (Fsp3) is 0.226. The van der Waals surface area contributed by atoms with Crippen LogP contribution in [0.4, 0.5) is 0 Å². The van der Waals surface area contributed by atoms with Crippen molar-refractivity contribution in [1.29, 1.82) is 0 Å². The first-order valence-electron chi connectivity index (χ1n) is 11.9. The van der Waals surface area contributed by atoms with Gasteiger partial charge in [0.2, 0.25) is 0 Å². The van der Waals surface area contributed by atoms with Crippen molar-refractivity contribution in [3.05, 3.63) is 114 Å². The maximum Gasteiger partial charge on any atom is 0.132 e. The number of fused-ring (bicyclic) bond motifs is 2. The molecule has 172 valence electrons. The summed E-state index contributed by atoms with van der Waals surface area (Å²) >= 11 is 0. The monoisotopic (exact) mass is 449 g/mol. The summed E-state index contributed by atoms with van der Waals surface area (Å²) in [6, 6.07) is 31.8. The van der Waals surface area contributed by atoms with Crippen molar-refractivity contribution in [1.82, 2.24) is 4.90 Å². The molecule has 0 atom stereocenters. The lowest BCUT2D eigenvalue weighted by atomic mass is 9.89. The number of likely N-dealkylation sites (N-methyl/N-ethyl adjacent to an activating group) is 1. The molecule has 0 fully saturated rings. The maximum atomic E-state index is 6.34. The molecule has 0 unspecified atom stereocenters. The second-order valence-corrected chi connectivity index (χ2v) is 9.56. The first-order valence-corrected chi connectivity index (χ1v) is 11.9. The summed E-state index contributed by atoms with van der Waals surface area (Å²) in [7, 11) is 2.12. The van der Waals surface area contributed by atoms with E-state index in [1.165, 1.54) is 27.5 Å². The minimum Gasteiger partial charge on any atom is -0.492 e. The molecule has 0 amide bonds. The van der Waals surface area contributed by atoms with Gasteiger partial charge in [-0.1, -0.05) is 66.7 Å².